The third kappa shape index (κ3) is 27.5. The summed E-state index contributed by atoms with van der Waals surface area (Å²) in [6.45, 7) is 3.99. The van der Waals surface area contributed by atoms with E-state index in [1.54, 1.807) is 0 Å². The van der Waals surface area contributed by atoms with Crippen LogP contribution in [0.4, 0.5) is 0 Å². The van der Waals surface area contributed by atoms with Gasteiger partial charge >= 0.3 is 33.2 Å². The van der Waals surface area contributed by atoms with Crippen molar-refractivity contribution in [3.05, 3.63) is 11.1 Å². The molecule has 0 atom stereocenters. The van der Waals surface area contributed by atoms with Crippen molar-refractivity contribution in [2.24, 2.45) is 0 Å². The van der Waals surface area contributed by atoms with Crippen LogP contribution in [0.3, 0.4) is 0 Å². The molecular weight excluding hydrogens is 206 g/mol. The Hall–Kier alpha value is 1.01. The number of hydrogen-bond donors (Lipinski definition) is 0. The SMILES string of the molecule is CC[N-]CC[NH-].[Cl][Co][Cl]. The van der Waals surface area contributed by atoms with Gasteiger partial charge in [-0.15, -0.1) is 0 Å². The van der Waals surface area contributed by atoms with E-state index in [0.29, 0.717) is 26.0 Å². The van der Waals surface area contributed by atoms with Crippen LogP contribution in [0.25, 0.3) is 11.1 Å². The molecule has 0 spiro atoms. The zero-order valence-electron chi connectivity index (χ0n) is 5.16. The first-order valence-electron chi connectivity index (χ1n) is 2.45. The van der Waals surface area contributed by atoms with E-state index in [1.807, 2.05) is 6.92 Å². The minimum atomic E-state index is 0.382. The van der Waals surface area contributed by atoms with Gasteiger partial charge in [-0.1, -0.05) is 6.92 Å². The van der Waals surface area contributed by atoms with Gasteiger partial charge in [0.2, 0.25) is 0 Å². The molecule has 0 aliphatic rings. The van der Waals surface area contributed by atoms with Crippen molar-refractivity contribution >= 4 is 20.3 Å². The monoisotopic (exact) mass is 215 g/mol. The minimum absolute atomic E-state index is 0.382. The van der Waals surface area contributed by atoms with Crippen LogP contribution in [-0.4, -0.2) is 19.6 Å². The summed E-state index contributed by atoms with van der Waals surface area (Å²) in [5.41, 5.74) is 6.61. The van der Waals surface area contributed by atoms with E-state index in [0.717, 1.165) is 6.54 Å². The summed E-state index contributed by atoms with van der Waals surface area (Å²) < 4.78 is 0. The number of hydrogen-bond acceptors (Lipinski definition) is 0. The summed E-state index contributed by atoms with van der Waals surface area (Å²) in [6.07, 6.45) is 0. The Bertz CT molecular complexity index is 35.7. The van der Waals surface area contributed by atoms with E-state index in [9.17, 15) is 0 Å². The number of nitrogens with one attached hydrogen (secondary N) is 1. The Kier molecular flexibility index (Phi) is 22.5. The van der Waals surface area contributed by atoms with Gasteiger partial charge in [-0.3, -0.25) is 0 Å². The van der Waals surface area contributed by atoms with Crippen molar-refractivity contribution in [3.63, 3.8) is 0 Å². The normalized spacial score (nSPS) is 8.44. The van der Waals surface area contributed by atoms with Gasteiger partial charge in [0.25, 0.3) is 0 Å². The molecular formula is C4H10Cl2CoN2-2. The molecule has 0 fully saturated rings. The summed E-state index contributed by atoms with van der Waals surface area (Å²) in [5.74, 6) is 0. The Balaban J connectivity index is 0. The van der Waals surface area contributed by atoms with Gasteiger partial charge in [-0.2, -0.15) is 19.6 Å². The first-order chi connectivity index (χ1) is 4.33. The number of nitrogens with zero attached hydrogens (tertiary/aromatic N) is 1. The molecule has 0 saturated carbocycles. The van der Waals surface area contributed by atoms with Gasteiger partial charge in [-0.05, 0) is 0 Å². The van der Waals surface area contributed by atoms with Crippen LogP contribution in [0.5, 0.6) is 0 Å². The van der Waals surface area contributed by atoms with Crippen molar-refractivity contribution in [1.82, 2.24) is 0 Å². The van der Waals surface area contributed by atoms with E-state index >= 15 is 0 Å². The average molecular weight is 216 g/mol. The average Bonchev–Trinajstić information content (AvgIpc) is 1.86. The Morgan fingerprint density at radius 3 is 2.11 bits per heavy atom. The predicted molar refractivity (Wildman–Crippen MR) is 39.7 cm³/mol. The van der Waals surface area contributed by atoms with Crippen molar-refractivity contribution < 1.29 is 12.9 Å². The van der Waals surface area contributed by atoms with E-state index < -0.39 is 0 Å². The summed E-state index contributed by atoms with van der Waals surface area (Å²) >= 11 is 0.382. The third-order valence-electron chi connectivity index (χ3n) is 0.494. The van der Waals surface area contributed by atoms with Crippen molar-refractivity contribution in [1.29, 1.82) is 0 Å². The molecule has 61 valence electrons. The second kappa shape index (κ2) is 16.0. The summed E-state index contributed by atoms with van der Waals surface area (Å²) in [5, 5.41) is 3.90. The van der Waals surface area contributed by atoms with Gasteiger partial charge < -0.3 is 11.1 Å². The Labute approximate surface area is 70.9 Å². The van der Waals surface area contributed by atoms with E-state index in [1.165, 1.54) is 0 Å². The summed E-state index contributed by atoms with van der Waals surface area (Å²) in [4.78, 5) is 0. The van der Waals surface area contributed by atoms with Gasteiger partial charge in [0.15, 0.2) is 0 Å². The van der Waals surface area contributed by atoms with Crippen molar-refractivity contribution in [2.45, 2.75) is 6.92 Å². The fourth-order valence-electron chi connectivity index (χ4n) is 0.237. The first-order valence-corrected chi connectivity index (χ1v) is 5.31. The molecule has 5 heteroatoms. The molecule has 0 heterocycles. The predicted octanol–water partition coefficient (Wildman–Crippen LogP) is 2.81. The van der Waals surface area contributed by atoms with E-state index in [4.69, 9.17) is 26.0 Å². The van der Waals surface area contributed by atoms with Crippen LogP contribution < -0.4 is 0 Å². The molecule has 0 unspecified atom stereocenters. The molecule has 0 rings (SSSR count). The van der Waals surface area contributed by atoms with Gasteiger partial charge in [-0.25, -0.2) is 0 Å². The Morgan fingerprint density at radius 2 is 2.00 bits per heavy atom. The quantitative estimate of drug-likeness (QED) is 0.650. The fourth-order valence-corrected chi connectivity index (χ4v) is 0.237. The van der Waals surface area contributed by atoms with Crippen molar-refractivity contribution in [2.75, 3.05) is 19.6 Å². The number of rotatable bonds is 3. The zero-order valence-corrected chi connectivity index (χ0v) is 7.71. The molecule has 0 saturated heterocycles. The molecule has 1 N–H and O–H groups in total. The number of halogens is 2. The maximum atomic E-state index is 6.61. The van der Waals surface area contributed by atoms with E-state index in [-0.39, 0.29) is 0 Å². The molecule has 0 amide bonds. The summed E-state index contributed by atoms with van der Waals surface area (Å²) in [6, 6.07) is 0. The molecule has 0 bridgehead atoms. The number of likely N-dealkylation sites (N-methyl/N-ethyl adjacent to an activating group) is 1. The van der Waals surface area contributed by atoms with Gasteiger partial charge in [0.1, 0.15) is 0 Å². The van der Waals surface area contributed by atoms with Crippen LogP contribution >= 0.6 is 20.3 Å². The standard InChI is InChI=1S/C4H10N2.2ClH.Co/c1-2-6-4-3-5;;;/h5H,2-4H2,1H3;2*1H;/q-2;;;+2/p-2. The first kappa shape index (κ1) is 12.7. The molecule has 0 aliphatic carbocycles. The maximum absolute atomic E-state index is 6.61. The van der Waals surface area contributed by atoms with Crippen LogP contribution in [0.1, 0.15) is 6.92 Å². The van der Waals surface area contributed by atoms with Gasteiger partial charge in [0, 0.05) is 0 Å². The molecule has 0 aromatic heterocycles. The van der Waals surface area contributed by atoms with Crippen LogP contribution in [0, 0.1) is 0 Å². The summed E-state index contributed by atoms with van der Waals surface area (Å²) in [7, 11) is 9.47. The molecule has 0 radical (unpaired) electrons. The zero-order chi connectivity index (χ0) is 7.54. The van der Waals surface area contributed by atoms with Crippen LogP contribution in [0.15, 0.2) is 0 Å². The molecule has 0 aromatic rings. The van der Waals surface area contributed by atoms with Crippen LogP contribution in [0.2, 0.25) is 0 Å². The molecule has 9 heavy (non-hydrogen) atoms. The van der Waals surface area contributed by atoms with E-state index in [2.05, 4.69) is 5.32 Å². The Morgan fingerprint density at radius 1 is 1.56 bits per heavy atom. The fraction of sp³-hybridized carbons (Fsp3) is 1.00. The topological polar surface area (TPSA) is 37.9 Å². The molecule has 0 aliphatic heterocycles. The molecule has 0 aromatic carbocycles. The third-order valence-corrected chi connectivity index (χ3v) is 0.494. The van der Waals surface area contributed by atoms with Crippen LogP contribution in [-0.2, 0) is 12.9 Å². The second-order valence-corrected chi connectivity index (χ2v) is 2.78. The van der Waals surface area contributed by atoms with Crippen molar-refractivity contribution in [3.8, 4) is 0 Å². The second-order valence-electron chi connectivity index (χ2n) is 1.06. The molecule has 2 nitrogen and oxygen atoms in total. The van der Waals surface area contributed by atoms with Gasteiger partial charge in [0.05, 0.1) is 0 Å².